The van der Waals surface area contributed by atoms with E-state index in [1.54, 1.807) is 12.1 Å². The molecular formula is C16H16BrClFNO. The topological polar surface area (TPSA) is 21.3 Å². The lowest BCUT2D eigenvalue weighted by Gasteiger charge is -2.13. The molecule has 0 fully saturated rings. The second-order valence-corrected chi connectivity index (χ2v) is 5.91. The average Bonchev–Trinajstić information content (AvgIpc) is 2.45. The van der Waals surface area contributed by atoms with Gasteiger partial charge in [0.2, 0.25) is 0 Å². The molecule has 0 aromatic heterocycles. The van der Waals surface area contributed by atoms with Crippen molar-refractivity contribution in [3.63, 3.8) is 0 Å². The Hall–Kier alpha value is -1.10. The fourth-order valence-corrected chi connectivity index (χ4v) is 2.45. The summed E-state index contributed by atoms with van der Waals surface area (Å²) in [5, 5.41) is 3.64. The number of hydrogen-bond donors (Lipinski definition) is 1. The molecule has 0 atom stereocenters. The zero-order valence-electron chi connectivity index (χ0n) is 11.6. The molecule has 0 aliphatic heterocycles. The second kappa shape index (κ2) is 7.78. The molecule has 2 aromatic rings. The molecule has 5 heteroatoms. The first-order valence-electron chi connectivity index (χ1n) is 6.66. The Bertz CT molecular complexity index is 621. The average molecular weight is 373 g/mol. The summed E-state index contributed by atoms with van der Waals surface area (Å²) < 4.78 is 20.5. The number of halogens is 3. The molecule has 2 nitrogen and oxygen atoms in total. The maximum absolute atomic E-state index is 13.7. The fourth-order valence-electron chi connectivity index (χ4n) is 1.88. The summed E-state index contributed by atoms with van der Waals surface area (Å²) in [6.45, 7) is 3.79. The largest absolute Gasteiger partial charge is 0.488 e. The zero-order chi connectivity index (χ0) is 15.2. The van der Waals surface area contributed by atoms with Crippen LogP contribution in [0.5, 0.6) is 5.75 Å². The van der Waals surface area contributed by atoms with Gasteiger partial charge < -0.3 is 10.1 Å². The van der Waals surface area contributed by atoms with Crippen LogP contribution in [0.2, 0.25) is 5.02 Å². The van der Waals surface area contributed by atoms with Gasteiger partial charge in [-0.05, 0) is 36.9 Å². The molecule has 1 N–H and O–H groups in total. The molecule has 0 spiro atoms. The molecule has 0 amide bonds. The van der Waals surface area contributed by atoms with Crippen LogP contribution in [-0.4, -0.2) is 6.54 Å². The van der Waals surface area contributed by atoms with E-state index in [1.165, 1.54) is 6.07 Å². The van der Waals surface area contributed by atoms with Gasteiger partial charge in [0, 0.05) is 27.2 Å². The van der Waals surface area contributed by atoms with Crippen molar-refractivity contribution in [1.82, 2.24) is 5.32 Å². The van der Waals surface area contributed by atoms with Gasteiger partial charge >= 0.3 is 0 Å². The Morgan fingerprint density at radius 3 is 2.71 bits per heavy atom. The van der Waals surface area contributed by atoms with Gasteiger partial charge in [0.1, 0.15) is 18.2 Å². The highest BCUT2D eigenvalue weighted by atomic mass is 79.9. The van der Waals surface area contributed by atoms with Gasteiger partial charge in [-0.1, -0.05) is 40.5 Å². The third-order valence-electron chi connectivity index (χ3n) is 2.99. The summed E-state index contributed by atoms with van der Waals surface area (Å²) in [6, 6.07) is 10.4. The van der Waals surface area contributed by atoms with Crippen molar-refractivity contribution in [1.29, 1.82) is 0 Å². The van der Waals surface area contributed by atoms with E-state index in [0.717, 1.165) is 22.3 Å². The molecule has 2 aromatic carbocycles. The highest BCUT2D eigenvalue weighted by Gasteiger charge is 2.07. The smallest absolute Gasteiger partial charge is 0.131 e. The SMILES string of the molecule is CCNCc1cc(Br)ccc1OCc1ccc(Cl)cc1F. The Labute approximate surface area is 137 Å². The molecule has 0 saturated carbocycles. The first kappa shape index (κ1) is 16.3. The molecule has 21 heavy (non-hydrogen) atoms. The highest BCUT2D eigenvalue weighted by molar-refractivity contribution is 9.10. The third kappa shape index (κ3) is 4.70. The van der Waals surface area contributed by atoms with Crippen molar-refractivity contribution in [2.24, 2.45) is 0 Å². The molecule has 0 aliphatic carbocycles. The molecule has 0 saturated heterocycles. The van der Waals surface area contributed by atoms with Crippen molar-refractivity contribution in [2.75, 3.05) is 6.54 Å². The van der Waals surface area contributed by atoms with E-state index in [0.29, 0.717) is 17.1 Å². The van der Waals surface area contributed by atoms with E-state index in [1.807, 2.05) is 25.1 Å². The number of nitrogens with one attached hydrogen (secondary N) is 1. The van der Waals surface area contributed by atoms with Gasteiger partial charge in [-0.3, -0.25) is 0 Å². The zero-order valence-corrected chi connectivity index (χ0v) is 14.0. The van der Waals surface area contributed by atoms with E-state index < -0.39 is 0 Å². The standard InChI is InChI=1S/C16H16BrClFNO/c1-2-20-9-12-7-13(17)4-6-16(12)21-10-11-3-5-14(18)8-15(11)19/h3-8,20H,2,9-10H2,1H3. The number of ether oxygens (including phenoxy) is 1. The van der Waals surface area contributed by atoms with Crippen LogP contribution in [0.4, 0.5) is 4.39 Å². The minimum Gasteiger partial charge on any atom is -0.488 e. The molecular weight excluding hydrogens is 357 g/mol. The Balaban J connectivity index is 2.11. The Morgan fingerprint density at radius 1 is 1.19 bits per heavy atom. The summed E-state index contributed by atoms with van der Waals surface area (Å²) in [7, 11) is 0. The molecule has 0 heterocycles. The van der Waals surface area contributed by atoms with Gasteiger partial charge in [0.15, 0.2) is 0 Å². The van der Waals surface area contributed by atoms with Crippen LogP contribution >= 0.6 is 27.5 Å². The van der Waals surface area contributed by atoms with E-state index in [4.69, 9.17) is 16.3 Å². The normalized spacial score (nSPS) is 10.7. The molecule has 112 valence electrons. The summed E-state index contributed by atoms with van der Waals surface area (Å²) in [6.07, 6.45) is 0. The molecule has 0 aliphatic rings. The maximum atomic E-state index is 13.7. The van der Waals surface area contributed by atoms with Crippen LogP contribution in [0, 0.1) is 5.82 Å². The van der Waals surface area contributed by atoms with Crippen LogP contribution in [0.1, 0.15) is 18.1 Å². The predicted octanol–water partition coefficient (Wildman–Crippen LogP) is 4.93. The minimum absolute atomic E-state index is 0.170. The number of hydrogen-bond acceptors (Lipinski definition) is 2. The van der Waals surface area contributed by atoms with E-state index in [-0.39, 0.29) is 12.4 Å². The quantitative estimate of drug-likeness (QED) is 0.776. The van der Waals surface area contributed by atoms with E-state index in [2.05, 4.69) is 21.2 Å². The molecule has 0 unspecified atom stereocenters. The molecule has 0 radical (unpaired) electrons. The van der Waals surface area contributed by atoms with Crippen LogP contribution < -0.4 is 10.1 Å². The van der Waals surface area contributed by atoms with Crippen molar-refractivity contribution in [3.05, 3.63) is 62.8 Å². The van der Waals surface area contributed by atoms with Gasteiger partial charge in [-0.25, -0.2) is 4.39 Å². The number of rotatable bonds is 6. The van der Waals surface area contributed by atoms with E-state index >= 15 is 0 Å². The summed E-state index contributed by atoms with van der Waals surface area (Å²) in [5.74, 6) is 0.390. The maximum Gasteiger partial charge on any atom is 0.131 e. The third-order valence-corrected chi connectivity index (χ3v) is 3.71. The van der Waals surface area contributed by atoms with Gasteiger partial charge in [0.05, 0.1) is 0 Å². The fraction of sp³-hybridized carbons (Fsp3) is 0.250. The van der Waals surface area contributed by atoms with Crippen molar-refractivity contribution in [2.45, 2.75) is 20.1 Å². The first-order chi connectivity index (χ1) is 10.1. The van der Waals surface area contributed by atoms with Gasteiger partial charge in [-0.2, -0.15) is 0 Å². The second-order valence-electron chi connectivity index (χ2n) is 4.56. The minimum atomic E-state index is -0.354. The van der Waals surface area contributed by atoms with Crippen LogP contribution in [-0.2, 0) is 13.2 Å². The van der Waals surface area contributed by atoms with Crippen LogP contribution in [0.15, 0.2) is 40.9 Å². The summed E-state index contributed by atoms with van der Waals surface area (Å²) in [5.41, 5.74) is 1.51. The molecule has 0 bridgehead atoms. The summed E-state index contributed by atoms with van der Waals surface area (Å²) in [4.78, 5) is 0. The lowest BCUT2D eigenvalue weighted by Crippen LogP contribution is -2.13. The monoisotopic (exact) mass is 371 g/mol. The van der Waals surface area contributed by atoms with Crippen LogP contribution in [0.25, 0.3) is 0 Å². The predicted molar refractivity (Wildman–Crippen MR) is 87.3 cm³/mol. The summed E-state index contributed by atoms with van der Waals surface area (Å²) >= 11 is 9.19. The lowest BCUT2D eigenvalue weighted by molar-refractivity contribution is 0.296. The molecule has 2 rings (SSSR count). The first-order valence-corrected chi connectivity index (χ1v) is 7.83. The van der Waals surface area contributed by atoms with Crippen molar-refractivity contribution >= 4 is 27.5 Å². The van der Waals surface area contributed by atoms with Crippen LogP contribution in [0.3, 0.4) is 0 Å². The van der Waals surface area contributed by atoms with Gasteiger partial charge in [-0.15, -0.1) is 0 Å². The van der Waals surface area contributed by atoms with Crippen molar-refractivity contribution < 1.29 is 9.13 Å². The van der Waals surface area contributed by atoms with Gasteiger partial charge in [0.25, 0.3) is 0 Å². The lowest BCUT2D eigenvalue weighted by atomic mass is 10.2. The highest BCUT2D eigenvalue weighted by Crippen LogP contribution is 2.25. The van der Waals surface area contributed by atoms with E-state index in [9.17, 15) is 4.39 Å². The number of benzene rings is 2. The Morgan fingerprint density at radius 2 is 2.00 bits per heavy atom. The Kier molecular flexibility index (Phi) is 6.03. The van der Waals surface area contributed by atoms with Crippen molar-refractivity contribution in [3.8, 4) is 5.75 Å².